The third-order valence-corrected chi connectivity index (χ3v) is 4.00. The summed E-state index contributed by atoms with van der Waals surface area (Å²) in [5.41, 5.74) is 1.19. The summed E-state index contributed by atoms with van der Waals surface area (Å²) >= 11 is 0. The van der Waals surface area contributed by atoms with Crippen molar-refractivity contribution in [1.82, 2.24) is 14.9 Å². The second kappa shape index (κ2) is 8.17. The Hall–Kier alpha value is -1.36. The molecular formula is C16H29N5. The summed E-state index contributed by atoms with van der Waals surface area (Å²) in [5, 5.41) is 6.89. The van der Waals surface area contributed by atoms with Crippen molar-refractivity contribution in [3.8, 4) is 0 Å². The molecule has 2 N–H and O–H groups in total. The molecule has 21 heavy (non-hydrogen) atoms. The number of hydrogen-bond donors (Lipinski definition) is 2. The minimum Gasteiger partial charge on any atom is -0.370 e. The van der Waals surface area contributed by atoms with Gasteiger partial charge in [-0.2, -0.15) is 0 Å². The van der Waals surface area contributed by atoms with Crippen LogP contribution < -0.4 is 10.6 Å². The van der Waals surface area contributed by atoms with E-state index in [0.29, 0.717) is 0 Å². The van der Waals surface area contributed by atoms with E-state index in [1.807, 2.05) is 0 Å². The van der Waals surface area contributed by atoms with E-state index in [2.05, 4.69) is 46.3 Å². The Morgan fingerprint density at radius 2 is 1.76 bits per heavy atom. The first-order valence-corrected chi connectivity index (χ1v) is 8.35. The van der Waals surface area contributed by atoms with E-state index in [1.165, 1.54) is 18.4 Å². The fraction of sp³-hybridized carbons (Fsp3) is 0.750. The summed E-state index contributed by atoms with van der Waals surface area (Å²) in [7, 11) is 0. The quantitative estimate of drug-likeness (QED) is 0.694. The lowest BCUT2D eigenvalue weighted by Gasteiger charge is -2.20. The summed E-state index contributed by atoms with van der Waals surface area (Å²) < 4.78 is 0. The summed E-state index contributed by atoms with van der Waals surface area (Å²) in [6.07, 6.45) is 6.43. The van der Waals surface area contributed by atoms with Crippen LogP contribution in [0.3, 0.4) is 0 Å². The Kier molecular flexibility index (Phi) is 6.23. The molecule has 5 heteroatoms. The van der Waals surface area contributed by atoms with E-state index in [-0.39, 0.29) is 0 Å². The van der Waals surface area contributed by atoms with Crippen molar-refractivity contribution in [2.75, 3.05) is 36.8 Å². The van der Waals surface area contributed by atoms with Gasteiger partial charge in [-0.05, 0) is 32.2 Å². The molecule has 2 rings (SSSR count). The lowest BCUT2D eigenvalue weighted by atomic mass is 10.2. The van der Waals surface area contributed by atoms with Crippen molar-refractivity contribution < 1.29 is 0 Å². The molecular weight excluding hydrogens is 262 g/mol. The highest BCUT2D eigenvalue weighted by atomic mass is 15.2. The molecule has 0 radical (unpaired) electrons. The number of anilines is 2. The second-order valence-electron chi connectivity index (χ2n) is 5.62. The van der Waals surface area contributed by atoms with Crippen LogP contribution in [0.5, 0.6) is 0 Å². The molecule has 1 aliphatic rings. The van der Waals surface area contributed by atoms with Crippen molar-refractivity contribution in [1.29, 1.82) is 0 Å². The monoisotopic (exact) mass is 291 g/mol. The van der Waals surface area contributed by atoms with Crippen LogP contribution in [-0.2, 0) is 6.42 Å². The lowest BCUT2D eigenvalue weighted by molar-refractivity contribution is 0.289. The van der Waals surface area contributed by atoms with Gasteiger partial charge in [0.15, 0.2) is 0 Å². The highest BCUT2D eigenvalue weighted by Crippen LogP contribution is 2.26. The van der Waals surface area contributed by atoms with Crippen LogP contribution in [0.15, 0.2) is 6.33 Å². The average molecular weight is 291 g/mol. The van der Waals surface area contributed by atoms with E-state index in [0.717, 1.165) is 56.7 Å². The molecule has 0 bridgehead atoms. The first-order valence-electron chi connectivity index (χ1n) is 8.35. The van der Waals surface area contributed by atoms with E-state index in [4.69, 9.17) is 0 Å². The van der Waals surface area contributed by atoms with Crippen molar-refractivity contribution in [2.24, 2.45) is 0 Å². The number of likely N-dealkylation sites (N-methyl/N-ethyl adjacent to an activating group) is 1. The van der Waals surface area contributed by atoms with Gasteiger partial charge in [-0.3, -0.25) is 4.90 Å². The molecule has 0 spiro atoms. The van der Waals surface area contributed by atoms with Gasteiger partial charge in [0.25, 0.3) is 0 Å². The van der Waals surface area contributed by atoms with Gasteiger partial charge in [-0.1, -0.05) is 20.8 Å². The Morgan fingerprint density at radius 3 is 2.29 bits per heavy atom. The Morgan fingerprint density at radius 1 is 1.10 bits per heavy atom. The first kappa shape index (κ1) is 16.0. The minimum absolute atomic E-state index is 0.828. The maximum Gasteiger partial charge on any atom is 0.134 e. The second-order valence-corrected chi connectivity index (χ2v) is 5.62. The van der Waals surface area contributed by atoms with Crippen LogP contribution in [0.2, 0.25) is 0 Å². The predicted molar refractivity (Wildman–Crippen MR) is 88.9 cm³/mol. The molecule has 0 aliphatic heterocycles. The third-order valence-electron chi connectivity index (χ3n) is 4.00. The number of rotatable bonds is 10. The third kappa shape index (κ3) is 4.56. The molecule has 118 valence electrons. The van der Waals surface area contributed by atoms with E-state index >= 15 is 0 Å². The highest BCUT2D eigenvalue weighted by Gasteiger charge is 2.27. The lowest BCUT2D eigenvalue weighted by Crippen LogP contribution is -2.31. The Balaban J connectivity index is 1.91. The van der Waals surface area contributed by atoms with E-state index in [1.54, 1.807) is 6.33 Å². The molecule has 1 aromatic heterocycles. The topological polar surface area (TPSA) is 53.1 Å². The van der Waals surface area contributed by atoms with Gasteiger partial charge >= 0.3 is 0 Å². The fourth-order valence-electron chi connectivity index (χ4n) is 2.65. The zero-order valence-corrected chi connectivity index (χ0v) is 13.7. The SMILES string of the molecule is CCCNc1ncnc(NCCN(CC)C2CC2)c1CC. The normalized spacial score (nSPS) is 14.5. The molecule has 1 saturated carbocycles. The van der Waals surface area contributed by atoms with Crippen LogP contribution in [0.4, 0.5) is 11.6 Å². The Bertz CT molecular complexity index is 431. The molecule has 0 unspecified atom stereocenters. The van der Waals surface area contributed by atoms with Gasteiger partial charge in [0, 0.05) is 31.2 Å². The van der Waals surface area contributed by atoms with Gasteiger partial charge in [0.05, 0.1) is 0 Å². The zero-order valence-electron chi connectivity index (χ0n) is 13.7. The number of nitrogens with one attached hydrogen (secondary N) is 2. The molecule has 1 fully saturated rings. The van der Waals surface area contributed by atoms with Crippen molar-refractivity contribution in [3.63, 3.8) is 0 Å². The number of nitrogens with zero attached hydrogens (tertiary/aromatic N) is 3. The zero-order chi connectivity index (χ0) is 15.1. The molecule has 1 aliphatic carbocycles. The van der Waals surface area contributed by atoms with Crippen LogP contribution in [0, 0.1) is 0 Å². The standard InChI is InChI=1S/C16H29N5/c1-4-9-17-15-14(5-2)16(20-12-19-15)18-10-11-21(6-3)13-7-8-13/h12-13H,4-11H2,1-3H3,(H2,17,18,19,20). The molecule has 1 aromatic rings. The van der Waals surface area contributed by atoms with Crippen molar-refractivity contribution in [3.05, 3.63) is 11.9 Å². The predicted octanol–water partition coefficient (Wildman–Crippen LogP) is 2.76. The van der Waals surface area contributed by atoms with Gasteiger partial charge in [0.1, 0.15) is 18.0 Å². The van der Waals surface area contributed by atoms with Crippen LogP contribution in [0.25, 0.3) is 0 Å². The average Bonchev–Trinajstić information content (AvgIpc) is 3.34. The minimum atomic E-state index is 0.828. The molecule has 5 nitrogen and oxygen atoms in total. The molecule has 0 atom stereocenters. The van der Waals surface area contributed by atoms with Gasteiger partial charge < -0.3 is 10.6 Å². The summed E-state index contributed by atoms with van der Waals surface area (Å²) in [6, 6.07) is 0.828. The largest absolute Gasteiger partial charge is 0.370 e. The van der Waals surface area contributed by atoms with Crippen LogP contribution in [-0.4, -0.2) is 47.1 Å². The van der Waals surface area contributed by atoms with Gasteiger partial charge in [-0.25, -0.2) is 9.97 Å². The van der Waals surface area contributed by atoms with Crippen LogP contribution in [0.1, 0.15) is 45.6 Å². The van der Waals surface area contributed by atoms with Gasteiger partial charge in [0.2, 0.25) is 0 Å². The highest BCUT2D eigenvalue weighted by molar-refractivity contribution is 5.57. The smallest absolute Gasteiger partial charge is 0.134 e. The van der Waals surface area contributed by atoms with E-state index in [9.17, 15) is 0 Å². The maximum atomic E-state index is 4.42. The summed E-state index contributed by atoms with van der Waals surface area (Å²) in [5.74, 6) is 1.96. The maximum absolute atomic E-state index is 4.42. The van der Waals surface area contributed by atoms with Crippen LogP contribution >= 0.6 is 0 Å². The molecule has 0 saturated heterocycles. The molecule has 1 heterocycles. The summed E-state index contributed by atoms with van der Waals surface area (Å²) in [6.45, 7) is 10.7. The van der Waals surface area contributed by atoms with Crippen molar-refractivity contribution in [2.45, 2.75) is 52.5 Å². The summed E-state index contributed by atoms with van der Waals surface area (Å²) in [4.78, 5) is 11.3. The van der Waals surface area contributed by atoms with Crippen molar-refractivity contribution >= 4 is 11.6 Å². The number of aromatic nitrogens is 2. The molecule has 0 amide bonds. The first-order chi connectivity index (χ1) is 10.3. The fourth-order valence-corrected chi connectivity index (χ4v) is 2.65. The Labute approximate surface area is 128 Å². The van der Waals surface area contributed by atoms with Gasteiger partial charge in [-0.15, -0.1) is 0 Å². The van der Waals surface area contributed by atoms with E-state index < -0.39 is 0 Å². The molecule has 0 aromatic carbocycles. The number of hydrogen-bond acceptors (Lipinski definition) is 5.